The minimum atomic E-state index is 0.492. The van der Waals surface area contributed by atoms with Gasteiger partial charge in [-0.25, -0.2) is 4.98 Å². The first-order valence-corrected chi connectivity index (χ1v) is 12.1. The number of rotatable bonds is 10. The highest BCUT2D eigenvalue weighted by atomic mass is 35.5. The second-order valence-corrected chi connectivity index (χ2v) is 9.03. The van der Waals surface area contributed by atoms with Gasteiger partial charge < -0.3 is 20.1 Å². The quantitative estimate of drug-likeness (QED) is 0.269. The van der Waals surface area contributed by atoms with E-state index < -0.39 is 0 Å². The second kappa shape index (κ2) is 11.2. The average molecular weight is 514 g/mol. The fourth-order valence-electron chi connectivity index (χ4n) is 4.00. The molecule has 35 heavy (non-hydrogen) atoms. The molecular formula is C26H29Cl2N5O2. The summed E-state index contributed by atoms with van der Waals surface area (Å²) in [6.45, 7) is 6.32. The summed E-state index contributed by atoms with van der Waals surface area (Å²) < 4.78 is 12.3. The molecule has 0 amide bonds. The van der Waals surface area contributed by atoms with E-state index in [2.05, 4.69) is 22.8 Å². The number of methoxy groups -OCH3 is 2. The summed E-state index contributed by atoms with van der Waals surface area (Å²) in [5.74, 6) is 2.34. The molecule has 2 N–H and O–H groups in total. The van der Waals surface area contributed by atoms with Gasteiger partial charge in [-0.15, -0.1) is 0 Å². The normalized spacial score (nSPS) is 11.1. The first-order valence-electron chi connectivity index (χ1n) is 11.4. The molecule has 0 aliphatic carbocycles. The SMILES string of the molecule is COc1ccc(CCNCCNc2cc(C)nc3c(-c4c(Cl)cc(OC)cc4Cl)c(C)nn23)cc1. The van der Waals surface area contributed by atoms with Crippen LogP contribution in [-0.4, -0.2) is 48.5 Å². The Morgan fingerprint density at radius 3 is 2.20 bits per heavy atom. The van der Waals surface area contributed by atoms with E-state index in [9.17, 15) is 0 Å². The van der Waals surface area contributed by atoms with Crippen molar-refractivity contribution in [3.05, 3.63) is 69.5 Å². The van der Waals surface area contributed by atoms with Gasteiger partial charge in [-0.2, -0.15) is 9.61 Å². The monoisotopic (exact) mass is 513 g/mol. The average Bonchev–Trinajstić information content (AvgIpc) is 3.16. The number of anilines is 1. The third-order valence-electron chi connectivity index (χ3n) is 5.75. The van der Waals surface area contributed by atoms with Crippen molar-refractivity contribution in [3.63, 3.8) is 0 Å². The molecule has 0 radical (unpaired) electrons. The Hall–Kier alpha value is -3.00. The van der Waals surface area contributed by atoms with Gasteiger partial charge in [0.15, 0.2) is 5.65 Å². The number of fused-ring (bicyclic) bond motifs is 1. The molecule has 0 atom stereocenters. The van der Waals surface area contributed by atoms with E-state index in [1.165, 1.54) is 5.56 Å². The van der Waals surface area contributed by atoms with Crippen LogP contribution in [0.5, 0.6) is 11.5 Å². The van der Waals surface area contributed by atoms with E-state index in [-0.39, 0.29) is 0 Å². The van der Waals surface area contributed by atoms with E-state index in [4.69, 9.17) is 42.8 Å². The molecule has 0 unspecified atom stereocenters. The largest absolute Gasteiger partial charge is 0.497 e. The lowest BCUT2D eigenvalue weighted by Gasteiger charge is -2.12. The zero-order valence-corrected chi connectivity index (χ0v) is 21.8. The number of aryl methyl sites for hydroxylation is 2. The van der Waals surface area contributed by atoms with E-state index in [1.54, 1.807) is 26.4 Å². The Morgan fingerprint density at radius 2 is 1.54 bits per heavy atom. The molecule has 2 aromatic heterocycles. The highest BCUT2D eigenvalue weighted by Gasteiger charge is 2.21. The molecule has 0 fully saturated rings. The summed E-state index contributed by atoms with van der Waals surface area (Å²) in [5, 5.41) is 12.7. The van der Waals surface area contributed by atoms with E-state index in [0.717, 1.165) is 54.6 Å². The zero-order chi connectivity index (χ0) is 24.9. The summed E-state index contributed by atoms with van der Waals surface area (Å²) in [4.78, 5) is 4.75. The second-order valence-electron chi connectivity index (χ2n) is 8.22. The number of aromatic nitrogens is 3. The number of halogens is 2. The Labute approximate surface area is 215 Å². The molecule has 4 rings (SSSR count). The van der Waals surface area contributed by atoms with Crippen LogP contribution in [-0.2, 0) is 6.42 Å². The van der Waals surface area contributed by atoms with Crippen molar-refractivity contribution in [2.24, 2.45) is 0 Å². The van der Waals surface area contributed by atoms with Gasteiger partial charge in [0.05, 0.1) is 35.5 Å². The minimum absolute atomic E-state index is 0.492. The molecule has 2 heterocycles. The summed E-state index contributed by atoms with van der Waals surface area (Å²) in [6, 6.07) is 13.6. The fraction of sp³-hybridized carbons (Fsp3) is 0.308. The Bertz CT molecular complexity index is 1300. The Morgan fingerprint density at radius 1 is 0.857 bits per heavy atom. The van der Waals surface area contributed by atoms with E-state index in [1.807, 2.05) is 36.6 Å². The van der Waals surface area contributed by atoms with Crippen molar-refractivity contribution in [2.45, 2.75) is 20.3 Å². The van der Waals surface area contributed by atoms with E-state index in [0.29, 0.717) is 27.0 Å². The number of nitrogens with zero attached hydrogens (tertiary/aromatic N) is 3. The molecule has 0 aliphatic heterocycles. The molecule has 184 valence electrons. The Kier molecular flexibility index (Phi) is 8.00. The van der Waals surface area contributed by atoms with Crippen molar-refractivity contribution in [1.29, 1.82) is 0 Å². The predicted octanol–water partition coefficient (Wildman–Crippen LogP) is 5.58. The predicted molar refractivity (Wildman–Crippen MR) is 143 cm³/mol. The Balaban J connectivity index is 1.46. The molecule has 2 aromatic carbocycles. The molecular weight excluding hydrogens is 485 g/mol. The molecule has 4 aromatic rings. The maximum absolute atomic E-state index is 6.59. The first-order chi connectivity index (χ1) is 16.9. The molecule has 0 bridgehead atoms. The maximum atomic E-state index is 6.59. The van der Waals surface area contributed by atoms with Gasteiger partial charge in [0.1, 0.15) is 17.3 Å². The van der Waals surface area contributed by atoms with Crippen LogP contribution in [0.25, 0.3) is 16.8 Å². The van der Waals surface area contributed by atoms with Gasteiger partial charge in [0, 0.05) is 30.4 Å². The van der Waals surface area contributed by atoms with Gasteiger partial charge in [-0.1, -0.05) is 35.3 Å². The van der Waals surface area contributed by atoms with Crippen LogP contribution in [0, 0.1) is 13.8 Å². The molecule has 0 aliphatic rings. The van der Waals surface area contributed by atoms with Crippen LogP contribution >= 0.6 is 23.2 Å². The van der Waals surface area contributed by atoms with Crippen LogP contribution in [0.1, 0.15) is 17.0 Å². The lowest BCUT2D eigenvalue weighted by atomic mass is 10.1. The molecule has 0 saturated heterocycles. The number of benzene rings is 2. The standard InChI is InChI=1S/C26H29Cl2N5O2/c1-16-13-23(30-12-11-29-10-9-18-5-7-19(34-3)8-6-18)33-26(31-16)24(17(2)32-33)25-21(27)14-20(35-4)15-22(25)28/h5-8,13-15,29-30H,9-12H2,1-4H3. The molecule has 0 spiro atoms. The zero-order valence-electron chi connectivity index (χ0n) is 20.3. The van der Waals surface area contributed by atoms with Gasteiger partial charge in [0.25, 0.3) is 0 Å². The van der Waals surface area contributed by atoms with Gasteiger partial charge in [-0.05, 0) is 56.6 Å². The number of nitrogens with one attached hydrogen (secondary N) is 2. The van der Waals surface area contributed by atoms with Crippen molar-refractivity contribution in [2.75, 3.05) is 39.2 Å². The number of hydrogen-bond acceptors (Lipinski definition) is 6. The topological polar surface area (TPSA) is 72.7 Å². The van der Waals surface area contributed by atoms with Gasteiger partial charge in [-0.3, -0.25) is 0 Å². The maximum Gasteiger partial charge on any atom is 0.165 e. The van der Waals surface area contributed by atoms with Crippen LogP contribution in [0.2, 0.25) is 10.0 Å². The third-order valence-corrected chi connectivity index (χ3v) is 6.35. The van der Waals surface area contributed by atoms with Crippen molar-refractivity contribution in [3.8, 4) is 22.6 Å². The van der Waals surface area contributed by atoms with Crippen molar-refractivity contribution in [1.82, 2.24) is 19.9 Å². The number of hydrogen-bond donors (Lipinski definition) is 2. The lowest BCUT2D eigenvalue weighted by molar-refractivity contribution is 0.414. The summed E-state index contributed by atoms with van der Waals surface area (Å²) >= 11 is 13.2. The smallest absolute Gasteiger partial charge is 0.165 e. The van der Waals surface area contributed by atoms with E-state index >= 15 is 0 Å². The van der Waals surface area contributed by atoms with Gasteiger partial charge >= 0.3 is 0 Å². The van der Waals surface area contributed by atoms with Crippen LogP contribution < -0.4 is 20.1 Å². The fourth-order valence-corrected chi connectivity index (χ4v) is 4.65. The van der Waals surface area contributed by atoms with Crippen molar-refractivity contribution < 1.29 is 9.47 Å². The highest BCUT2D eigenvalue weighted by Crippen LogP contribution is 2.41. The summed E-state index contributed by atoms with van der Waals surface area (Å²) in [7, 11) is 3.26. The van der Waals surface area contributed by atoms with Crippen molar-refractivity contribution >= 4 is 34.7 Å². The first kappa shape index (κ1) is 25.1. The van der Waals surface area contributed by atoms with Crippen LogP contribution in [0.3, 0.4) is 0 Å². The van der Waals surface area contributed by atoms with Crippen LogP contribution in [0.4, 0.5) is 5.82 Å². The third kappa shape index (κ3) is 5.64. The molecule has 9 heteroatoms. The summed E-state index contributed by atoms with van der Waals surface area (Å²) in [5.41, 5.74) is 5.14. The lowest BCUT2D eigenvalue weighted by Crippen LogP contribution is -2.25. The van der Waals surface area contributed by atoms with Gasteiger partial charge in [0.2, 0.25) is 0 Å². The van der Waals surface area contributed by atoms with Crippen LogP contribution in [0.15, 0.2) is 42.5 Å². The molecule has 7 nitrogen and oxygen atoms in total. The summed E-state index contributed by atoms with van der Waals surface area (Å²) in [6.07, 6.45) is 0.952. The highest BCUT2D eigenvalue weighted by molar-refractivity contribution is 6.39. The minimum Gasteiger partial charge on any atom is -0.497 e. The molecule has 0 saturated carbocycles. The number of ether oxygens (including phenoxy) is 2.